The number of benzene rings is 3. The average molecular weight is 406 g/mol. The summed E-state index contributed by atoms with van der Waals surface area (Å²) in [6.45, 7) is 2.05. The van der Waals surface area contributed by atoms with E-state index in [9.17, 15) is 4.79 Å². The van der Waals surface area contributed by atoms with Crippen molar-refractivity contribution < 1.29 is 9.53 Å². The Labute approximate surface area is 177 Å². The SMILES string of the molecule is CC[C@H](NC(=O)/C(=C/c1ccccc1Cl)c1ccccc1)c1ccc(OC)cc1. The molecule has 3 aromatic carbocycles. The molecule has 0 saturated heterocycles. The van der Waals surface area contributed by atoms with Crippen molar-refractivity contribution in [3.05, 3.63) is 101 Å². The molecule has 29 heavy (non-hydrogen) atoms. The van der Waals surface area contributed by atoms with Crippen molar-refractivity contribution in [1.82, 2.24) is 5.32 Å². The molecule has 3 aromatic rings. The van der Waals surface area contributed by atoms with Crippen LogP contribution in [0.3, 0.4) is 0 Å². The number of rotatable bonds is 7. The summed E-state index contributed by atoms with van der Waals surface area (Å²) in [5.41, 5.74) is 3.26. The van der Waals surface area contributed by atoms with Crippen molar-refractivity contribution in [2.45, 2.75) is 19.4 Å². The molecule has 0 unspecified atom stereocenters. The number of amides is 1. The number of ether oxygens (including phenoxy) is 1. The Bertz CT molecular complexity index is 981. The Balaban J connectivity index is 1.92. The summed E-state index contributed by atoms with van der Waals surface area (Å²) in [4.78, 5) is 13.3. The summed E-state index contributed by atoms with van der Waals surface area (Å²) in [5, 5.41) is 3.77. The van der Waals surface area contributed by atoms with Crippen LogP contribution < -0.4 is 10.1 Å². The number of hydrogen-bond acceptors (Lipinski definition) is 2. The second-order valence-electron chi connectivity index (χ2n) is 6.65. The van der Waals surface area contributed by atoms with Gasteiger partial charge in [0.05, 0.1) is 13.2 Å². The van der Waals surface area contributed by atoms with Crippen molar-refractivity contribution in [2.24, 2.45) is 0 Å². The van der Waals surface area contributed by atoms with Crippen LogP contribution in [-0.2, 0) is 4.79 Å². The van der Waals surface area contributed by atoms with E-state index < -0.39 is 0 Å². The lowest BCUT2D eigenvalue weighted by Gasteiger charge is -2.19. The highest BCUT2D eigenvalue weighted by molar-refractivity contribution is 6.33. The quantitative estimate of drug-likeness (QED) is 0.377. The molecule has 0 bridgehead atoms. The molecular weight excluding hydrogens is 382 g/mol. The molecule has 0 spiro atoms. The van der Waals surface area contributed by atoms with Crippen LogP contribution in [0.15, 0.2) is 78.9 Å². The second-order valence-corrected chi connectivity index (χ2v) is 7.06. The minimum atomic E-state index is -0.140. The van der Waals surface area contributed by atoms with E-state index in [-0.39, 0.29) is 11.9 Å². The number of nitrogens with one attached hydrogen (secondary N) is 1. The van der Waals surface area contributed by atoms with Gasteiger partial charge >= 0.3 is 0 Å². The Morgan fingerprint density at radius 1 is 1.00 bits per heavy atom. The highest BCUT2D eigenvalue weighted by atomic mass is 35.5. The fraction of sp³-hybridized carbons (Fsp3) is 0.160. The molecule has 0 aliphatic heterocycles. The third kappa shape index (κ3) is 5.27. The molecule has 0 radical (unpaired) electrons. The molecule has 148 valence electrons. The lowest BCUT2D eigenvalue weighted by Crippen LogP contribution is -2.28. The van der Waals surface area contributed by atoms with Gasteiger partial charge in [-0.15, -0.1) is 0 Å². The summed E-state index contributed by atoms with van der Waals surface area (Å²) in [6.07, 6.45) is 2.61. The van der Waals surface area contributed by atoms with Gasteiger partial charge in [-0.05, 0) is 47.4 Å². The van der Waals surface area contributed by atoms with Gasteiger partial charge < -0.3 is 10.1 Å². The van der Waals surface area contributed by atoms with E-state index in [2.05, 4.69) is 12.2 Å². The molecular formula is C25H24ClNO2. The first-order chi connectivity index (χ1) is 14.1. The van der Waals surface area contributed by atoms with Crippen LogP contribution >= 0.6 is 11.6 Å². The molecule has 3 rings (SSSR count). The smallest absolute Gasteiger partial charge is 0.252 e. The fourth-order valence-electron chi connectivity index (χ4n) is 3.14. The summed E-state index contributed by atoms with van der Waals surface area (Å²) in [7, 11) is 1.64. The van der Waals surface area contributed by atoms with Crippen molar-refractivity contribution in [1.29, 1.82) is 0 Å². The zero-order valence-electron chi connectivity index (χ0n) is 16.6. The number of halogens is 1. The zero-order chi connectivity index (χ0) is 20.6. The lowest BCUT2D eigenvalue weighted by atomic mass is 9.99. The first-order valence-corrected chi connectivity index (χ1v) is 9.96. The van der Waals surface area contributed by atoms with E-state index in [1.807, 2.05) is 84.9 Å². The van der Waals surface area contributed by atoms with Crippen molar-refractivity contribution in [2.75, 3.05) is 7.11 Å². The van der Waals surface area contributed by atoms with Crippen molar-refractivity contribution in [3.8, 4) is 5.75 Å². The van der Waals surface area contributed by atoms with Crippen LogP contribution in [0, 0.1) is 0 Å². The van der Waals surface area contributed by atoms with E-state index in [1.165, 1.54) is 0 Å². The summed E-state index contributed by atoms with van der Waals surface area (Å²) in [6, 6.07) is 24.8. The number of methoxy groups -OCH3 is 1. The normalized spacial score (nSPS) is 12.3. The molecule has 4 heteroatoms. The van der Waals surface area contributed by atoms with Gasteiger partial charge in [-0.3, -0.25) is 4.79 Å². The third-order valence-corrected chi connectivity index (χ3v) is 5.11. The molecule has 1 N–H and O–H groups in total. The van der Waals surface area contributed by atoms with E-state index in [0.717, 1.165) is 28.9 Å². The van der Waals surface area contributed by atoms with E-state index >= 15 is 0 Å². The Kier molecular flexibility index (Phi) is 7.09. The van der Waals surface area contributed by atoms with Gasteiger partial charge in [0, 0.05) is 10.6 Å². The molecule has 0 aliphatic carbocycles. The van der Waals surface area contributed by atoms with Crippen LogP contribution in [0.1, 0.15) is 36.1 Å². The number of hydrogen-bond donors (Lipinski definition) is 1. The first kappa shape index (κ1) is 20.7. The predicted molar refractivity (Wildman–Crippen MR) is 120 cm³/mol. The van der Waals surface area contributed by atoms with E-state index in [0.29, 0.717) is 10.6 Å². The van der Waals surface area contributed by atoms with Crippen LogP contribution in [-0.4, -0.2) is 13.0 Å². The maximum absolute atomic E-state index is 13.3. The van der Waals surface area contributed by atoms with Crippen molar-refractivity contribution >= 4 is 29.2 Å². The average Bonchev–Trinajstić information content (AvgIpc) is 2.77. The first-order valence-electron chi connectivity index (χ1n) is 9.58. The number of carbonyl (C=O) groups excluding carboxylic acids is 1. The Morgan fingerprint density at radius 2 is 1.66 bits per heavy atom. The van der Waals surface area contributed by atoms with Crippen LogP contribution in [0.5, 0.6) is 5.75 Å². The van der Waals surface area contributed by atoms with Gasteiger partial charge in [-0.25, -0.2) is 0 Å². The van der Waals surface area contributed by atoms with Gasteiger partial charge in [-0.2, -0.15) is 0 Å². The molecule has 0 aliphatic rings. The topological polar surface area (TPSA) is 38.3 Å². The standard InChI is InChI=1S/C25H24ClNO2/c1-3-24(19-13-15-21(29-2)16-14-19)27-25(28)22(18-9-5-4-6-10-18)17-20-11-7-8-12-23(20)26/h4-17,24H,3H2,1-2H3,(H,27,28)/b22-17+/t24-/m0/s1. The van der Waals surface area contributed by atoms with Crippen LogP contribution in [0.25, 0.3) is 11.6 Å². The van der Waals surface area contributed by atoms with Gasteiger partial charge in [-0.1, -0.05) is 79.2 Å². The summed E-state index contributed by atoms with van der Waals surface area (Å²) in [5.74, 6) is 0.650. The van der Waals surface area contributed by atoms with Gasteiger partial charge in [0.15, 0.2) is 0 Å². The highest BCUT2D eigenvalue weighted by Gasteiger charge is 2.18. The van der Waals surface area contributed by atoms with Crippen LogP contribution in [0.2, 0.25) is 5.02 Å². The van der Waals surface area contributed by atoms with Crippen molar-refractivity contribution in [3.63, 3.8) is 0 Å². The molecule has 0 heterocycles. The molecule has 3 nitrogen and oxygen atoms in total. The Hall–Kier alpha value is -3.04. The van der Waals surface area contributed by atoms with Gasteiger partial charge in [0.25, 0.3) is 5.91 Å². The largest absolute Gasteiger partial charge is 0.497 e. The lowest BCUT2D eigenvalue weighted by molar-refractivity contribution is -0.116. The minimum absolute atomic E-state index is 0.105. The predicted octanol–water partition coefficient (Wildman–Crippen LogP) is 6.16. The zero-order valence-corrected chi connectivity index (χ0v) is 17.3. The highest BCUT2D eigenvalue weighted by Crippen LogP contribution is 2.26. The van der Waals surface area contributed by atoms with E-state index in [4.69, 9.17) is 16.3 Å². The minimum Gasteiger partial charge on any atom is -0.497 e. The molecule has 0 saturated carbocycles. The molecule has 0 fully saturated rings. The van der Waals surface area contributed by atoms with Gasteiger partial charge in [0.2, 0.25) is 0 Å². The summed E-state index contributed by atoms with van der Waals surface area (Å²) < 4.78 is 5.23. The monoisotopic (exact) mass is 405 g/mol. The maximum atomic E-state index is 13.3. The maximum Gasteiger partial charge on any atom is 0.252 e. The van der Waals surface area contributed by atoms with Crippen LogP contribution in [0.4, 0.5) is 0 Å². The molecule has 1 amide bonds. The van der Waals surface area contributed by atoms with Gasteiger partial charge in [0.1, 0.15) is 5.75 Å². The third-order valence-electron chi connectivity index (χ3n) is 4.77. The summed E-state index contributed by atoms with van der Waals surface area (Å²) >= 11 is 6.33. The molecule has 1 atom stereocenters. The van der Waals surface area contributed by atoms with E-state index in [1.54, 1.807) is 7.11 Å². The Morgan fingerprint density at radius 3 is 2.28 bits per heavy atom. The number of carbonyl (C=O) groups is 1. The second kappa shape index (κ2) is 9.94. The molecule has 0 aromatic heterocycles. The fourth-order valence-corrected chi connectivity index (χ4v) is 3.33.